The first-order valence-electron chi connectivity index (χ1n) is 8.31. The van der Waals surface area contributed by atoms with Crippen LogP contribution in [0.5, 0.6) is 0 Å². The van der Waals surface area contributed by atoms with Crippen molar-refractivity contribution in [1.82, 2.24) is 9.80 Å². The third-order valence-corrected chi connectivity index (χ3v) is 5.48. The summed E-state index contributed by atoms with van der Waals surface area (Å²) in [4.78, 5) is 4.63. The minimum atomic E-state index is -0.136. The van der Waals surface area contributed by atoms with Crippen LogP contribution in [0.25, 0.3) is 0 Å². The molecule has 0 heterocycles. The Balaban J connectivity index is 2.53. The molecule has 3 nitrogen and oxygen atoms in total. The number of hydrogen-bond donors (Lipinski definition) is 1. The van der Waals surface area contributed by atoms with Gasteiger partial charge in [-0.25, -0.2) is 0 Å². The summed E-state index contributed by atoms with van der Waals surface area (Å²) >= 11 is 0. The van der Waals surface area contributed by atoms with Gasteiger partial charge in [-0.15, -0.1) is 0 Å². The van der Waals surface area contributed by atoms with Gasteiger partial charge in [0.2, 0.25) is 0 Å². The normalized spacial score (nSPS) is 28.4. The Morgan fingerprint density at radius 2 is 1.75 bits per heavy atom. The Bertz CT molecular complexity index is 278. The standard InChI is InChI=1S/C17H36N2O/c1-7-17(2,3)14-9-10-16(20)15(13-14)19(6)12-8-11-18(4)5/h14-16,20H,7-13H2,1-6H3. The highest BCUT2D eigenvalue weighted by atomic mass is 16.3. The molecule has 0 aromatic heterocycles. The largest absolute Gasteiger partial charge is 0.391 e. The predicted octanol–water partition coefficient (Wildman–Crippen LogP) is 2.84. The number of aliphatic hydroxyl groups excluding tert-OH is 1. The van der Waals surface area contributed by atoms with E-state index in [2.05, 4.69) is 51.7 Å². The van der Waals surface area contributed by atoms with Gasteiger partial charge in [0.1, 0.15) is 0 Å². The topological polar surface area (TPSA) is 26.7 Å². The Morgan fingerprint density at radius 3 is 2.30 bits per heavy atom. The van der Waals surface area contributed by atoms with Gasteiger partial charge in [-0.1, -0.05) is 27.2 Å². The first-order chi connectivity index (χ1) is 9.27. The summed E-state index contributed by atoms with van der Waals surface area (Å²) < 4.78 is 0. The van der Waals surface area contributed by atoms with Gasteiger partial charge in [0.05, 0.1) is 6.10 Å². The van der Waals surface area contributed by atoms with E-state index in [1.54, 1.807) is 0 Å². The quantitative estimate of drug-likeness (QED) is 0.779. The maximum Gasteiger partial charge on any atom is 0.0695 e. The molecular weight excluding hydrogens is 248 g/mol. The molecule has 0 aromatic rings. The summed E-state index contributed by atoms with van der Waals surface area (Å²) in [6.45, 7) is 9.27. The number of nitrogens with zero attached hydrogens (tertiary/aromatic N) is 2. The monoisotopic (exact) mass is 284 g/mol. The Kier molecular flexibility index (Phi) is 6.96. The van der Waals surface area contributed by atoms with Crippen LogP contribution in [-0.2, 0) is 0 Å². The lowest BCUT2D eigenvalue weighted by Crippen LogP contribution is -2.48. The predicted molar refractivity (Wildman–Crippen MR) is 87.0 cm³/mol. The van der Waals surface area contributed by atoms with Crippen LogP contribution in [-0.4, -0.2) is 61.3 Å². The molecule has 120 valence electrons. The summed E-state index contributed by atoms with van der Waals surface area (Å²) in [6, 6.07) is 0.349. The smallest absolute Gasteiger partial charge is 0.0695 e. The summed E-state index contributed by atoms with van der Waals surface area (Å²) in [7, 11) is 6.43. The molecule has 1 fully saturated rings. The van der Waals surface area contributed by atoms with Crippen molar-refractivity contribution in [2.24, 2.45) is 11.3 Å². The van der Waals surface area contributed by atoms with Crippen LogP contribution in [0.2, 0.25) is 0 Å². The highest BCUT2D eigenvalue weighted by Gasteiger charge is 2.37. The lowest BCUT2D eigenvalue weighted by Gasteiger charge is -2.44. The van der Waals surface area contributed by atoms with Crippen LogP contribution >= 0.6 is 0 Å². The lowest BCUT2D eigenvalue weighted by molar-refractivity contribution is -0.0124. The van der Waals surface area contributed by atoms with Crippen LogP contribution in [0, 0.1) is 11.3 Å². The first kappa shape index (κ1) is 17.9. The van der Waals surface area contributed by atoms with Gasteiger partial charge in [0.25, 0.3) is 0 Å². The molecule has 20 heavy (non-hydrogen) atoms. The second-order valence-electron chi connectivity index (χ2n) is 7.62. The molecule has 0 amide bonds. The molecule has 0 saturated heterocycles. The molecular formula is C17H36N2O. The molecule has 3 heteroatoms. The van der Waals surface area contributed by atoms with Crippen molar-refractivity contribution in [3.63, 3.8) is 0 Å². The zero-order chi connectivity index (χ0) is 15.3. The molecule has 0 bridgehead atoms. The van der Waals surface area contributed by atoms with Gasteiger partial charge in [-0.3, -0.25) is 0 Å². The Hall–Kier alpha value is -0.120. The van der Waals surface area contributed by atoms with E-state index < -0.39 is 0 Å². The van der Waals surface area contributed by atoms with Gasteiger partial charge in [-0.05, 0) is 71.2 Å². The van der Waals surface area contributed by atoms with Gasteiger partial charge >= 0.3 is 0 Å². The molecule has 0 aliphatic heterocycles. The first-order valence-corrected chi connectivity index (χ1v) is 8.31. The highest BCUT2D eigenvalue weighted by Crippen LogP contribution is 2.41. The van der Waals surface area contributed by atoms with Crippen molar-refractivity contribution in [1.29, 1.82) is 0 Å². The summed E-state index contributed by atoms with van der Waals surface area (Å²) in [6.07, 6.45) is 5.57. The zero-order valence-corrected chi connectivity index (χ0v) is 14.5. The maximum absolute atomic E-state index is 10.4. The average Bonchev–Trinajstić information content (AvgIpc) is 2.38. The van der Waals surface area contributed by atoms with Gasteiger partial charge < -0.3 is 14.9 Å². The summed E-state index contributed by atoms with van der Waals surface area (Å²) in [5.74, 6) is 0.747. The molecule has 1 rings (SSSR count). The minimum Gasteiger partial charge on any atom is -0.391 e. The van der Waals surface area contributed by atoms with Crippen molar-refractivity contribution in [3.05, 3.63) is 0 Å². The lowest BCUT2D eigenvalue weighted by atomic mass is 9.67. The fourth-order valence-corrected chi connectivity index (χ4v) is 3.41. The van der Waals surface area contributed by atoms with Gasteiger partial charge in [0, 0.05) is 6.04 Å². The van der Waals surface area contributed by atoms with Gasteiger partial charge in [0.15, 0.2) is 0 Å². The highest BCUT2D eigenvalue weighted by molar-refractivity contribution is 4.90. The molecule has 1 saturated carbocycles. The number of likely N-dealkylation sites (N-methyl/N-ethyl adjacent to an activating group) is 1. The second kappa shape index (κ2) is 7.77. The second-order valence-corrected chi connectivity index (χ2v) is 7.62. The maximum atomic E-state index is 10.4. The van der Waals surface area contributed by atoms with E-state index in [1.165, 1.54) is 19.3 Å². The van der Waals surface area contributed by atoms with Crippen LogP contribution in [0.3, 0.4) is 0 Å². The average molecular weight is 284 g/mol. The summed E-state index contributed by atoms with van der Waals surface area (Å²) in [5.41, 5.74) is 0.406. The van der Waals surface area contributed by atoms with Crippen LogP contribution < -0.4 is 0 Å². The molecule has 1 N–H and O–H groups in total. The van der Waals surface area contributed by atoms with Crippen LogP contribution in [0.15, 0.2) is 0 Å². The zero-order valence-electron chi connectivity index (χ0n) is 14.5. The van der Waals surface area contributed by atoms with Crippen molar-refractivity contribution < 1.29 is 5.11 Å². The van der Waals surface area contributed by atoms with E-state index >= 15 is 0 Å². The van der Waals surface area contributed by atoms with Crippen molar-refractivity contribution >= 4 is 0 Å². The number of rotatable bonds is 7. The summed E-state index contributed by atoms with van der Waals surface area (Å²) in [5, 5.41) is 10.4. The van der Waals surface area contributed by atoms with Crippen LogP contribution in [0.1, 0.15) is 52.9 Å². The molecule has 0 spiro atoms. The van der Waals surface area contributed by atoms with Crippen molar-refractivity contribution in [3.8, 4) is 0 Å². The van der Waals surface area contributed by atoms with E-state index in [1.807, 2.05) is 0 Å². The van der Waals surface area contributed by atoms with Crippen LogP contribution in [0.4, 0.5) is 0 Å². The molecule has 0 radical (unpaired) electrons. The molecule has 0 aromatic carbocycles. The SMILES string of the molecule is CCC(C)(C)C1CCC(O)C(N(C)CCCN(C)C)C1. The van der Waals surface area contributed by atoms with E-state index in [9.17, 15) is 5.11 Å². The van der Waals surface area contributed by atoms with E-state index in [4.69, 9.17) is 0 Å². The molecule has 1 aliphatic rings. The van der Waals surface area contributed by atoms with E-state index in [0.717, 1.165) is 31.8 Å². The minimum absolute atomic E-state index is 0.136. The molecule has 1 aliphatic carbocycles. The van der Waals surface area contributed by atoms with E-state index in [-0.39, 0.29) is 6.10 Å². The van der Waals surface area contributed by atoms with Crippen molar-refractivity contribution in [2.75, 3.05) is 34.2 Å². The van der Waals surface area contributed by atoms with Crippen molar-refractivity contribution in [2.45, 2.75) is 65.0 Å². The Morgan fingerprint density at radius 1 is 1.10 bits per heavy atom. The van der Waals surface area contributed by atoms with Gasteiger partial charge in [-0.2, -0.15) is 0 Å². The number of aliphatic hydroxyl groups is 1. The third-order valence-electron chi connectivity index (χ3n) is 5.48. The fourth-order valence-electron chi connectivity index (χ4n) is 3.41. The Labute approximate surface area is 126 Å². The van der Waals surface area contributed by atoms with E-state index in [0.29, 0.717) is 11.5 Å². The molecule has 3 atom stereocenters. The molecule has 3 unspecified atom stereocenters. The third kappa shape index (κ3) is 5.01. The number of hydrogen-bond acceptors (Lipinski definition) is 3. The fraction of sp³-hybridized carbons (Fsp3) is 1.00.